The fraction of sp³-hybridized carbons (Fsp3) is 0.467. The maximum atomic E-state index is 11.5. The summed E-state index contributed by atoms with van der Waals surface area (Å²) in [4.78, 5) is 22.5. The molecule has 0 aromatic heterocycles. The molecule has 0 heterocycles. The number of ether oxygens (including phenoxy) is 2. The van der Waals surface area contributed by atoms with Crippen LogP contribution in [0.25, 0.3) is 0 Å². The van der Waals surface area contributed by atoms with E-state index < -0.39 is 5.97 Å². The molecule has 116 valence electrons. The van der Waals surface area contributed by atoms with E-state index in [1.807, 2.05) is 26.8 Å². The quantitative estimate of drug-likeness (QED) is 0.819. The van der Waals surface area contributed by atoms with Crippen LogP contribution in [0.1, 0.15) is 30.9 Å². The highest BCUT2D eigenvalue weighted by Crippen LogP contribution is 2.31. The number of rotatable bonds is 6. The molecule has 0 aliphatic carbocycles. The summed E-state index contributed by atoms with van der Waals surface area (Å²) in [7, 11) is 1.47. The molecule has 0 bridgehead atoms. The fourth-order valence-electron chi connectivity index (χ4n) is 1.64. The Kier molecular flexibility index (Phi) is 6.49. The number of halogens is 1. The number of aryl methyl sites for hydroxylation is 1. The number of hydrogen-bond donors (Lipinski definition) is 1. The summed E-state index contributed by atoms with van der Waals surface area (Å²) in [6, 6.07) is 3.64. The van der Waals surface area contributed by atoms with E-state index in [-0.39, 0.29) is 25.0 Å². The molecule has 1 aromatic carbocycles. The second-order valence-corrected chi connectivity index (χ2v) is 5.32. The molecule has 0 aliphatic rings. The van der Waals surface area contributed by atoms with Crippen LogP contribution in [-0.4, -0.2) is 32.1 Å². The van der Waals surface area contributed by atoms with Crippen molar-refractivity contribution in [2.75, 3.05) is 20.3 Å². The average molecular weight is 314 g/mol. The average Bonchev–Trinajstić information content (AvgIpc) is 2.45. The third-order valence-electron chi connectivity index (χ3n) is 2.90. The van der Waals surface area contributed by atoms with Crippen molar-refractivity contribution in [3.63, 3.8) is 0 Å². The molecule has 0 fully saturated rings. The van der Waals surface area contributed by atoms with Crippen molar-refractivity contribution < 1.29 is 19.1 Å². The fourth-order valence-corrected chi connectivity index (χ4v) is 1.82. The maximum Gasteiger partial charge on any atom is 0.344 e. The lowest BCUT2D eigenvalue weighted by Gasteiger charge is -2.15. The van der Waals surface area contributed by atoms with Gasteiger partial charge < -0.3 is 14.8 Å². The summed E-state index contributed by atoms with van der Waals surface area (Å²) < 4.78 is 10.3. The van der Waals surface area contributed by atoms with Gasteiger partial charge in [-0.1, -0.05) is 25.4 Å². The van der Waals surface area contributed by atoms with Crippen molar-refractivity contribution in [2.24, 2.45) is 0 Å². The Labute approximate surface area is 129 Å². The molecule has 1 amide bonds. The number of hydrogen-bond acceptors (Lipinski definition) is 4. The molecular weight excluding hydrogens is 294 g/mol. The molecule has 0 atom stereocenters. The van der Waals surface area contributed by atoms with Crippen LogP contribution in [-0.2, 0) is 14.3 Å². The number of benzene rings is 1. The molecule has 21 heavy (non-hydrogen) atoms. The van der Waals surface area contributed by atoms with Crippen molar-refractivity contribution in [3.05, 3.63) is 28.3 Å². The number of carbonyl (C=O) groups is 2. The lowest BCUT2D eigenvalue weighted by Crippen LogP contribution is -2.27. The number of likely N-dealkylation sites (N-methyl/N-ethyl adjacent to an activating group) is 1. The van der Waals surface area contributed by atoms with Crippen LogP contribution in [0.15, 0.2) is 12.1 Å². The van der Waals surface area contributed by atoms with Crippen LogP contribution >= 0.6 is 11.6 Å². The molecule has 5 nitrogen and oxygen atoms in total. The van der Waals surface area contributed by atoms with Gasteiger partial charge in [-0.2, -0.15) is 0 Å². The SMILES string of the molecule is CNC(=O)COC(=O)COc1cc(C)c(Cl)cc1C(C)C. The smallest absolute Gasteiger partial charge is 0.344 e. The summed E-state index contributed by atoms with van der Waals surface area (Å²) in [6.45, 7) is 5.33. The first-order chi connectivity index (χ1) is 9.85. The van der Waals surface area contributed by atoms with Crippen LogP contribution in [0.5, 0.6) is 5.75 Å². The van der Waals surface area contributed by atoms with Gasteiger partial charge >= 0.3 is 5.97 Å². The van der Waals surface area contributed by atoms with Gasteiger partial charge in [-0.05, 0) is 36.1 Å². The molecule has 0 saturated heterocycles. The van der Waals surface area contributed by atoms with E-state index in [2.05, 4.69) is 5.32 Å². The molecule has 0 spiro atoms. The van der Waals surface area contributed by atoms with Gasteiger partial charge in [-0.15, -0.1) is 0 Å². The van der Waals surface area contributed by atoms with E-state index >= 15 is 0 Å². The van der Waals surface area contributed by atoms with Gasteiger partial charge in [0.15, 0.2) is 13.2 Å². The van der Waals surface area contributed by atoms with Gasteiger partial charge in [-0.25, -0.2) is 4.79 Å². The largest absolute Gasteiger partial charge is 0.482 e. The lowest BCUT2D eigenvalue weighted by molar-refractivity contribution is -0.150. The molecule has 1 rings (SSSR count). The summed E-state index contributed by atoms with van der Waals surface area (Å²) in [5.74, 6) is -0.154. The Hall–Kier alpha value is -1.75. The van der Waals surface area contributed by atoms with E-state index in [4.69, 9.17) is 21.1 Å². The number of nitrogens with one attached hydrogen (secondary N) is 1. The Bertz CT molecular complexity index is 529. The first kappa shape index (κ1) is 17.3. The lowest BCUT2D eigenvalue weighted by atomic mass is 10.0. The molecule has 1 aromatic rings. The van der Waals surface area contributed by atoms with Crippen molar-refractivity contribution in [1.82, 2.24) is 5.32 Å². The van der Waals surface area contributed by atoms with Crippen molar-refractivity contribution in [1.29, 1.82) is 0 Å². The maximum absolute atomic E-state index is 11.5. The number of esters is 1. The van der Waals surface area contributed by atoms with Crippen LogP contribution in [0.2, 0.25) is 5.02 Å². The van der Waals surface area contributed by atoms with E-state index in [0.29, 0.717) is 10.8 Å². The molecule has 0 saturated carbocycles. The highest BCUT2D eigenvalue weighted by molar-refractivity contribution is 6.31. The highest BCUT2D eigenvalue weighted by Gasteiger charge is 2.13. The van der Waals surface area contributed by atoms with E-state index in [1.165, 1.54) is 7.05 Å². The van der Waals surface area contributed by atoms with Crippen LogP contribution in [0, 0.1) is 6.92 Å². The van der Waals surface area contributed by atoms with E-state index in [9.17, 15) is 9.59 Å². The van der Waals surface area contributed by atoms with E-state index in [0.717, 1.165) is 11.1 Å². The number of carbonyl (C=O) groups excluding carboxylic acids is 2. The van der Waals surface area contributed by atoms with Crippen molar-refractivity contribution in [2.45, 2.75) is 26.7 Å². The normalized spacial score (nSPS) is 10.4. The zero-order chi connectivity index (χ0) is 16.0. The molecule has 6 heteroatoms. The Morgan fingerprint density at radius 2 is 1.95 bits per heavy atom. The standard InChI is InChI=1S/C15H20ClNO4/c1-9(2)11-6-12(16)10(3)5-13(11)20-8-15(19)21-7-14(18)17-4/h5-6,9H,7-8H2,1-4H3,(H,17,18). The van der Waals surface area contributed by atoms with Gasteiger partial charge in [0.25, 0.3) is 5.91 Å². The van der Waals surface area contributed by atoms with Crippen LogP contribution < -0.4 is 10.1 Å². The van der Waals surface area contributed by atoms with Gasteiger partial charge in [0.1, 0.15) is 5.75 Å². The Morgan fingerprint density at radius 1 is 1.29 bits per heavy atom. The summed E-state index contributed by atoms with van der Waals surface area (Å²) >= 11 is 6.10. The summed E-state index contributed by atoms with van der Waals surface area (Å²) in [6.07, 6.45) is 0. The third kappa shape index (κ3) is 5.27. The van der Waals surface area contributed by atoms with Gasteiger partial charge in [0, 0.05) is 12.1 Å². The predicted molar refractivity (Wildman–Crippen MR) is 80.8 cm³/mol. The van der Waals surface area contributed by atoms with Gasteiger partial charge in [0.05, 0.1) is 0 Å². The first-order valence-corrected chi connectivity index (χ1v) is 7.02. The van der Waals surface area contributed by atoms with Crippen molar-refractivity contribution >= 4 is 23.5 Å². The molecule has 1 N–H and O–H groups in total. The second-order valence-electron chi connectivity index (χ2n) is 4.92. The molecule has 0 unspecified atom stereocenters. The van der Waals surface area contributed by atoms with Gasteiger partial charge in [-0.3, -0.25) is 4.79 Å². The van der Waals surface area contributed by atoms with Crippen LogP contribution in [0.4, 0.5) is 0 Å². The first-order valence-electron chi connectivity index (χ1n) is 6.64. The minimum absolute atomic E-state index is 0.208. The summed E-state index contributed by atoms with van der Waals surface area (Å²) in [5.41, 5.74) is 1.79. The zero-order valence-electron chi connectivity index (χ0n) is 12.7. The van der Waals surface area contributed by atoms with Gasteiger partial charge in [0.2, 0.25) is 0 Å². The summed E-state index contributed by atoms with van der Waals surface area (Å²) in [5, 5.41) is 3.02. The minimum Gasteiger partial charge on any atom is -0.482 e. The Balaban J connectivity index is 2.68. The zero-order valence-corrected chi connectivity index (χ0v) is 13.4. The van der Waals surface area contributed by atoms with Crippen LogP contribution in [0.3, 0.4) is 0 Å². The minimum atomic E-state index is -0.596. The highest BCUT2D eigenvalue weighted by atomic mass is 35.5. The topological polar surface area (TPSA) is 64.6 Å². The van der Waals surface area contributed by atoms with Crippen molar-refractivity contribution in [3.8, 4) is 5.75 Å². The Morgan fingerprint density at radius 3 is 2.52 bits per heavy atom. The van der Waals surface area contributed by atoms with E-state index in [1.54, 1.807) is 6.07 Å². The second kappa shape index (κ2) is 7.88. The molecule has 0 aliphatic heterocycles. The third-order valence-corrected chi connectivity index (χ3v) is 3.31. The predicted octanol–water partition coefficient (Wildman–Crippen LogP) is 2.44. The molecule has 0 radical (unpaired) electrons. The number of amides is 1. The molecular formula is C15H20ClNO4. The monoisotopic (exact) mass is 313 g/mol.